The zero-order valence-electron chi connectivity index (χ0n) is 13.7. The first kappa shape index (κ1) is 17.5. The number of rotatable bonds is 4. The second-order valence-corrected chi connectivity index (χ2v) is 6.27. The van der Waals surface area contributed by atoms with Gasteiger partial charge in [-0.15, -0.1) is 0 Å². The van der Waals surface area contributed by atoms with Crippen molar-refractivity contribution in [3.8, 4) is 11.1 Å². The molecule has 1 aliphatic rings. The van der Waals surface area contributed by atoms with Crippen LogP contribution in [0.15, 0.2) is 42.5 Å². The summed E-state index contributed by atoms with van der Waals surface area (Å²) in [6, 6.07) is 12.3. The molecule has 0 aromatic heterocycles. The molecule has 130 valence electrons. The molecule has 3 rings (SSSR count). The average Bonchev–Trinajstić information content (AvgIpc) is 2.59. The first-order chi connectivity index (χ1) is 12.0. The first-order valence-corrected chi connectivity index (χ1v) is 8.42. The maximum atomic E-state index is 12.4. The molecule has 5 nitrogen and oxygen atoms in total. The Kier molecular flexibility index (Phi) is 5.06. The van der Waals surface area contributed by atoms with Gasteiger partial charge in [0.1, 0.15) is 0 Å². The van der Waals surface area contributed by atoms with E-state index in [0.717, 1.165) is 11.1 Å². The van der Waals surface area contributed by atoms with Crippen LogP contribution in [-0.4, -0.2) is 47.7 Å². The number of ether oxygens (including phenoxy) is 1. The van der Waals surface area contributed by atoms with Gasteiger partial charge in [-0.2, -0.15) is 0 Å². The summed E-state index contributed by atoms with van der Waals surface area (Å²) in [5.41, 5.74) is 2.40. The monoisotopic (exact) mass is 359 g/mol. The van der Waals surface area contributed by atoms with E-state index in [0.29, 0.717) is 29.2 Å². The molecule has 0 spiro atoms. The number of nitrogens with zero attached hydrogens (tertiary/aromatic N) is 1. The number of halogens is 1. The lowest BCUT2D eigenvalue weighted by molar-refractivity contribution is 0.00590. The smallest absolute Gasteiger partial charge is 0.339 e. The molecule has 1 fully saturated rings. The molecular formula is C19H18ClNO4. The minimum Gasteiger partial charge on any atom is -0.462 e. The molecule has 1 N–H and O–H groups in total. The molecule has 0 radical (unpaired) electrons. The number of hydrogen-bond acceptors (Lipinski definition) is 4. The van der Waals surface area contributed by atoms with Crippen molar-refractivity contribution in [1.82, 2.24) is 4.90 Å². The van der Waals surface area contributed by atoms with Crippen LogP contribution in [0.2, 0.25) is 5.02 Å². The predicted molar refractivity (Wildman–Crippen MR) is 94.8 cm³/mol. The standard InChI is InChI=1S/C19H18ClNO4/c1-2-25-19(24)16-9-13(6-7-17(16)20)12-4-3-5-14(8-12)18(23)21-10-15(22)11-21/h3-9,15,22H,2,10-11H2,1H3. The predicted octanol–water partition coefficient (Wildman–Crippen LogP) is 3.00. The van der Waals surface area contributed by atoms with Gasteiger partial charge in [-0.1, -0.05) is 29.8 Å². The first-order valence-electron chi connectivity index (χ1n) is 8.04. The highest BCUT2D eigenvalue weighted by molar-refractivity contribution is 6.33. The molecule has 0 aliphatic carbocycles. The topological polar surface area (TPSA) is 66.8 Å². The number of benzene rings is 2. The summed E-state index contributed by atoms with van der Waals surface area (Å²) in [7, 11) is 0. The van der Waals surface area contributed by atoms with Crippen LogP contribution in [0.25, 0.3) is 11.1 Å². The molecule has 0 atom stereocenters. The fraction of sp³-hybridized carbons (Fsp3) is 0.263. The highest BCUT2D eigenvalue weighted by atomic mass is 35.5. The molecule has 2 aromatic rings. The van der Waals surface area contributed by atoms with Gasteiger partial charge < -0.3 is 14.7 Å². The van der Waals surface area contributed by atoms with E-state index in [-0.39, 0.29) is 12.5 Å². The van der Waals surface area contributed by atoms with Crippen LogP contribution >= 0.6 is 11.6 Å². The van der Waals surface area contributed by atoms with Gasteiger partial charge in [0, 0.05) is 18.7 Å². The van der Waals surface area contributed by atoms with E-state index in [1.165, 1.54) is 0 Å². The zero-order valence-corrected chi connectivity index (χ0v) is 14.5. The van der Waals surface area contributed by atoms with Crippen molar-refractivity contribution in [2.45, 2.75) is 13.0 Å². The quantitative estimate of drug-likeness (QED) is 0.852. The van der Waals surface area contributed by atoms with Gasteiger partial charge in [-0.3, -0.25) is 4.79 Å². The molecular weight excluding hydrogens is 342 g/mol. The van der Waals surface area contributed by atoms with Gasteiger partial charge in [-0.25, -0.2) is 4.79 Å². The van der Waals surface area contributed by atoms with Crippen LogP contribution in [0.4, 0.5) is 0 Å². The Morgan fingerprint density at radius 3 is 2.60 bits per heavy atom. The number of esters is 1. The van der Waals surface area contributed by atoms with Gasteiger partial charge in [-0.05, 0) is 42.3 Å². The fourth-order valence-corrected chi connectivity index (χ4v) is 2.90. The second-order valence-electron chi connectivity index (χ2n) is 5.86. The van der Waals surface area contributed by atoms with Crippen LogP contribution in [0.1, 0.15) is 27.6 Å². The van der Waals surface area contributed by atoms with Crippen LogP contribution in [0.3, 0.4) is 0 Å². The van der Waals surface area contributed by atoms with Crippen molar-refractivity contribution in [3.05, 3.63) is 58.6 Å². The Morgan fingerprint density at radius 2 is 1.92 bits per heavy atom. The molecule has 1 aliphatic heterocycles. The lowest BCUT2D eigenvalue weighted by Crippen LogP contribution is -2.53. The van der Waals surface area contributed by atoms with Gasteiger partial charge in [0.2, 0.25) is 0 Å². The lowest BCUT2D eigenvalue weighted by Gasteiger charge is -2.35. The number of hydrogen-bond donors (Lipinski definition) is 1. The summed E-state index contributed by atoms with van der Waals surface area (Å²) >= 11 is 6.09. The van der Waals surface area contributed by atoms with E-state index in [1.54, 1.807) is 48.2 Å². The number of aliphatic hydroxyl groups is 1. The van der Waals surface area contributed by atoms with Crippen molar-refractivity contribution < 1.29 is 19.4 Å². The molecule has 0 bridgehead atoms. The minimum atomic E-state index is -0.476. The highest BCUT2D eigenvalue weighted by Crippen LogP contribution is 2.27. The molecule has 25 heavy (non-hydrogen) atoms. The maximum absolute atomic E-state index is 12.4. The Labute approximate surface area is 150 Å². The van der Waals surface area contributed by atoms with Crippen molar-refractivity contribution in [2.24, 2.45) is 0 Å². The van der Waals surface area contributed by atoms with Gasteiger partial charge >= 0.3 is 5.97 Å². The summed E-state index contributed by atoms with van der Waals surface area (Å²) in [6.45, 7) is 2.72. The van der Waals surface area contributed by atoms with E-state index in [2.05, 4.69) is 0 Å². The third-order valence-corrected chi connectivity index (χ3v) is 4.38. The largest absolute Gasteiger partial charge is 0.462 e. The molecule has 0 saturated carbocycles. The fourth-order valence-electron chi connectivity index (χ4n) is 2.71. The Morgan fingerprint density at radius 1 is 1.20 bits per heavy atom. The number of aliphatic hydroxyl groups excluding tert-OH is 1. The summed E-state index contributed by atoms with van der Waals surface area (Å²) in [5.74, 6) is -0.595. The van der Waals surface area contributed by atoms with Crippen LogP contribution in [0.5, 0.6) is 0 Å². The zero-order chi connectivity index (χ0) is 18.0. The van der Waals surface area contributed by atoms with Crippen molar-refractivity contribution in [1.29, 1.82) is 0 Å². The molecule has 1 saturated heterocycles. The van der Waals surface area contributed by atoms with Crippen LogP contribution in [0, 0.1) is 0 Å². The summed E-state index contributed by atoms with van der Waals surface area (Å²) in [4.78, 5) is 26.0. The second kappa shape index (κ2) is 7.25. The summed E-state index contributed by atoms with van der Waals surface area (Å²) in [6.07, 6.45) is -0.435. The van der Waals surface area contributed by atoms with E-state index in [9.17, 15) is 14.7 Å². The average molecular weight is 360 g/mol. The Hall–Kier alpha value is -2.37. The third-order valence-electron chi connectivity index (χ3n) is 4.05. The Balaban J connectivity index is 1.89. The van der Waals surface area contributed by atoms with Gasteiger partial charge in [0.25, 0.3) is 5.91 Å². The van der Waals surface area contributed by atoms with E-state index < -0.39 is 12.1 Å². The lowest BCUT2D eigenvalue weighted by atomic mass is 10.00. The number of amides is 1. The van der Waals surface area contributed by atoms with E-state index in [1.807, 2.05) is 6.07 Å². The number of β-amino-alcohol motifs (C(OH)–C–C–N with tert-alkyl or cyclic N) is 1. The van der Waals surface area contributed by atoms with Crippen molar-refractivity contribution in [3.63, 3.8) is 0 Å². The van der Waals surface area contributed by atoms with E-state index in [4.69, 9.17) is 16.3 Å². The van der Waals surface area contributed by atoms with Crippen LogP contribution < -0.4 is 0 Å². The maximum Gasteiger partial charge on any atom is 0.339 e. The number of carbonyl (C=O) groups excluding carboxylic acids is 2. The number of carbonyl (C=O) groups is 2. The summed E-state index contributed by atoms with van der Waals surface area (Å²) < 4.78 is 5.02. The Bertz CT molecular complexity index is 815. The van der Waals surface area contributed by atoms with Crippen LogP contribution in [-0.2, 0) is 4.74 Å². The van der Waals surface area contributed by atoms with Crippen molar-refractivity contribution in [2.75, 3.05) is 19.7 Å². The van der Waals surface area contributed by atoms with Gasteiger partial charge in [0.05, 0.1) is 23.3 Å². The molecule has 6 heteroatoms. The normalized spacial score (nSPS) is 14.1. The van der Waals surface area contributed by atoms with Crippen molar-refractivity contribution >= 4 is 23.5 Å². The molecule has 2 aromatic carbocycles. The van der Waals surface area contributed by atoms with Gasteiger partial charge in [0.15, 0.2) is 0 Å². The molecule has 1 heterocycles. The highest BCUT2D eigenvalue weighted by Gasteiger charge is 2.29. The third kappa shape index (κ3) is 3.67. The SMILES string of the molecule is CCOC(=O)c1cc(-c2cccc(C(=O)N3CC(O)C3)c2)ccc1Cl. The van der Waals surface area contributed by atoms with E-state index >= 15 is 0 Å². The molecule has 0 unspecified atom stereocenters. The molecule has 1 amide bonds. The minimum absolute atomic E-state index is 0.119. The summed E-state index contributed by atoms with van der Waals surface area (Å²) in [5, 5.41) is 9.67. The number of likely N-dealkylation sites (tertiary alicyclic amines) is 1.